The molecule has 1 N–H and O–H groups in total. The summed E-state index contributed by atoms with van der Waals surface area (Å²) in [6.45, 7) is 2.93. The molecule has 0 spiro atoms. The third-order valence-electron chi connectivity index (χ3n) is 2.19. The Bertz CT molecular complexity index is 458. The van der Waals surface area contributed by atoms with Crippen LogP contribution in [-0.2, 0) is 16.0 Å². The highest BCUT2D eigenvalue weighted by molar-refractivity contribution is 6.37. The molecule has 1 aromatic rings. The van der Waals surface area contributed by atoms with Gasteiger partial charge in [-0.2, -0.15) is 0 Å². The molecule has 0 heterocycles. The van der Waals surface area contributed by atoms with E-state index in [2.05, 4.69) is 5.32 Å². The van der Waals surface area contributed by atoms with Crippen LogP contribution in [0.25, 0.3) is 0 Å². The smallest absolute Gasteiger partial charge is 0.221 e. The quantitative estimate of drug-likeness (QED) is 0.913. The summed E-state index contributed by atoms with van der Waals surface area (Å²) >= 11 is 12.0. The van der Waals surface area contributed by atoms with Gasteiger partial charge in [-0.05, 0) is 31.0 Å². The number of hydrogen-bond acceptors (Lipinski definition) is 2. The Morgan fingerprint density at radius 3 is 2.35 bits per heavy atom. The summed E-state index contributed by atoms with van der Waals surface area (Å²) in [7, 11) is 0. The number of hydrogen-bond donors (Lipinski definition) is 1. The molecule has 0 aliphatic heterocycles. The molecule has 0 fully saturated rings. The average Bonchev–Trinajstić information content (AvgIpc) is 2.19. The van der Waals surface area contributed by atoms with Gasteiger partial charge in [0.25, 0.3) is 0 Å². The van der Waals surface area contributed by atoms with Crippen LogP contribution in [0.2, 0.25) is 10.0 Å². The Morgan fingerprint density at radius 2 is 1.82 bits per heavy atom. The molecule has 5 heteroatoms. The van der Waals surface area contributed by atoms with Gasteiger partial charge in [0.05, 0.1) is 10.7 Å². The number of Topliss-reactive ketones (excluding diaryl/α,β-unsaturated/α-hetero) is 1. The van der Waals surface area contributed by atoms with Crippen molar-refractivity contribution in [1.29, 1.82) is 0 Å². The summed E-state index contributed by atoms with van der Waals surface area (Å²) in [4.78, 5) is 21.9. The highest BCUT2D eigenvalue weighted by Crippen LogP contribution is 2.30. The number of aryl methyl sites for hydroxylation is 1. The van der Waals surface area contributed by atoms with E-state index in [1.165, 1.54) is 13.8 Å². The molecule has 0 saturated carbocycles. The molecule has 0 bridgehead atoms. The van der Waals surface area contributed by atoms with E-state index in [1.54, 1.807) is 12.1 Å². The highest BCUT2D eigenvalue weighted by Gasteiger charge is 2.09. The third-order valence-corrected chi connectivity index (χ3v) is 2.86. The Labute approximate surface area is 110 Å². The fourth-order valence-corrected chi connectivity index (χ4v) is 1.91. The topological polar surface area (TPSA) is 46.2 Å². The normalized spacial score (nSPS) is 10.1. The first-order chi connectivity index (χ1) is 7.90. The molecule has 0 unspecified atom stereocenters. The van der Waals surface area contributed by atoms with Crippen molar-refractivity contribution >= 4 is 40.6 Å². The predicted octanol–water partition coefficient (Wildman–Crippen LogP) is 3.47. The van der Waals surface area contributed by atoms with Gasteiger partial charge in [-0.25, -0.2) is 0 Å². The van der Waals surface area contributed by atoms with Crippen molar-refractivity contribution in [3.8, 4) is 0 Å². The van der Waals surface area contributed by atoms with Crippen molar-refractivity contribution in [2.24, 2.45) is 0 Å². The largest absolute Gasteiger partial charge is 0.325 e. The van der Waals surface area contributed by atoms with E-state index in [0.29, 0.717) is 28.6 Å². The summed E-state index contributed by atoms with van der Waals surface area (Å²) in [6.07, 6.45) is 0.957. The van der Waals surface area contributed by atoms with Crippen LogP contribution in [-0.4, -0.2) is 11.7 Å². The molecule has 0 radical (unpaired) electrons. The Hall–Kier alpha value is -1.06. The maximum atomic E-state index is 11.0. The monoisotopic (exact) mass is 273 g/mol. The van der Waals surface area contributed by atoms with Gasteiger partial charge in [-0.15, -0.1) is 0 Å². The van der Waals surface area contributed by atoms with Crippen molar-refractivity contribution in [3.05, 3.63) is 27.7 Å². The van der Waals surface area contributed by atoms with Crippen LogP contribution < -0.4 is 5.32 Å². The number of amides is 1. The van der Waals surface area contributed by atoms with Gasteiger partial charge in [0.2, 0.25) is 5.91 Å². The minimum absolute atomic E-state index is 0.0945. The number of nitrogens with one attached hydrogen (secondary N) is 1. The number of halogens is 2. The number of rotatable bonds is 4. The summed E-state index contributed by atoms with van der Waals surface area (Å²) < 4.78 is 0. The van der Waals surface area contributed by atoms with Crippen LogP contribution in [0.4, 0.5) is 5.69 Å². The molecule has 17 heavy (non-hydrogen) atoms. The van der Waals surface area contributed by atoms with Gasteiger partial charge in [-0.1, -0.05) is 23.2 Å². The first kappa shape index (κ1) is 14.0. The van der Waals surface area contributed by atoms with E-state index < -0.39 is 0 Å². The van der Waals surface area contributed by atoms with Crippen LogP contribution in [0.5, 0.6) is 0 Å². The van der Waals surface area contributed by atoms with Gasteiger partial charge in [0.1, 0.15) is 5.78 Å². The van der Waals surface area contributed by atoms with Crippen LogP contribution in [0.15, 0.2) is 12.1 Å². The number of ketones is 1. The Morgan fingerprint density at radius 1 is 1.18 bits per heavy atom. The van der Waals surface area contributed by atoms with Crippen molar-refractivity contribution in [1.82, 2.24) is 0 Å². The molecule has 92 valence electrons. The maximum Gasteiger partial charge on any atom is 0.221 e. The second-order valence-electron chi connectivity index (χ2n) is 3.81. The maximum absolute atomic E-state index is 11.0. The van der Waals surface area contributed by atoms with E-state index in [0.717, 1.165) is 5.56 Å². The van der Waals surface area contributed by atoms with Crippen molar-refractivity contribution < 1.29 is 9.59 Å². The van der Waals surface area contributed by atoms with Gasteiger partial charge in [0, 0.05) is 18.4 Å². The van der Waals surface area contributed by atoms with Crippen LogP contribution >= 0.6 is 23.2 Å². The molecular formula is C12H13Cl2NO2. The summed E-state index contributed by atoms with van der Waals surface area (Å²) in [6, 6.07) is 3.28. The number of anilines is 1. The summed E-state index contributed by atoms with van der Waals surface area (Å²) in [5.41, 5.74) is 1.32. The van der Waals surface area contributed by atoms with Crippen molar-refractivity contribution in [2.75, 3.05) is 5.32 Å². The molecule has 1 amide bonds. The lowest BCUT2D eigenvalue weighted by molar-refractivity contribution is -0.117. The van der Waals surface area contributed by atoms with Crippen LogP contribution in [0, 0.1) is 0 Å². The lowest BCUT2D eigenvalue weighted by Gasteiger charge is -2.09. The molecule has 0 atom stereocenters. The fourth-order valence-electron chi connectivity index (χ4n) is 1.38. The van der Waals surface area contributed by atoms with Crippen LogP contribution in [0.3, 0.4) is 0 Å². The SMILES string of the molecule is CC(=O)CCc1cc(NC(C)=O)c(Cl)cc1Cl. The first-order valence-corrected chi connectivity index (χ1v) is 5.90. The zero-order chi connectivity index (χ0) is 13.0. The van der Waals surface area contributed by atoms with E-state index in [4.69, 9.17) is 23.2 Å². The Balaban J connectivity index is 2.97. The zero-order valence-electron chi connectivity index (χ0n) is 9.64. The summed E-state index contributed by atoms with van der Waals surface area (Å²) in [5.74, 6) is -0.108. The number of carbonyl (C=O) groups is 2. The number of benzene rings is 1. The van der Waals surface area contributed by atoms with E-state index >= 15 is 0 Å². The molecule has 0 saturated heterocycles. The predicted molar refractivity (Wildman–Crippen MR) is 69.8 cm³/mol. The molecule has 0 aliphatic carbocycles. The molecule has 1 aromatic carbocycles. The zero-order valence-corrected chi connectivity index (χ0v) is 11.2. The number of carbonyl (C=O) groups excluding carboxylic acids is 2. The highest BCUT2D eigenvalue weighted by atomic mass is 35.5. The van der Waals surface area contributed by atoms with Gasteiger partial charge in [-0.3, -0.25) is 4.79 Å². The third kappa shape index (κ3) is 4.36. The molecule has 0 aromatic heterocycles. The van der Waals surface area contributed by atoms with Gasteiger partial charge in [0.15, 0.2) is 0 Å². The standard InChI is InChI=1S/C12H13Cl2NO2/c1-7(16)3-4-9-5-12(15-8(2)17)11(14)6-10(9)13/h5-6H,3-4H2,1-2H3,(H,15,17). The van der Waals surface area contributed by atoms with Gasteiger partial charge >= 0.3 is 0 Å². The summed E-state index contributed by atoms with van der Waals surface area (Å²) in [5, 5.41) is 3.50. The first-order valence-electron chi connectivity index (χ1n) is 5.15. The minimum atomic E-state index is -0.202. The van der Waals surface area contributed by atoms with E-state index in [-0.39, 0.29) is 11.7 Å². The van der Waals surface area contributed by atoms with E-state index in [9.17, 15) is 9.59 Å². The van der Waals surface area contributed by atoms with Gasteiger partial charge < -0.3 is 10.1 Å². The average molecular weight is 274 g/mol. The second kappa shape index (κ2) is 6.03. The lowest BCUT2D eigenvalue weighted by atomic mass is 10.1. The Kier molecular flexibility index (Phi) is 4.97. The fraction of sp³-hybridized carbons (Fsp3) is 0.333. The molecule has 1 rings (SSSR count). The second-order valence-corrected chi connectivity index (χ2v) is 4.62. The van der Waals surface area contributed by atoms with Crippen molar-refractivity contribution in [3.63, 3.8) is 0 Å². The van der Waals surface area contributed by atoms with Crippen molar-refractivity contribution in [2.45, 2.75) is 26.7 Å². The lowest BCUT2D eigenvalue weighted by Crippen LogP contribution is -2.07. The molecular weight excluding hydrogens is 261 g/mol. The molecule has 0 aliphatic rings. The molecule has 3 nitrogen and oxygen atoms in total. The van der Waals surface area contributed by atoms with E-state index in [1.807, 2.05) is 0 Å². The van der Waals surface area contributed by atoms with Crippen LogP contribution in [0.1, 0.15) is 25.8 Å². The minimum Gasteiger partial charge on any atom is -0.325 e.